The fourth-order valence-electron chi connectivity index (χ4n) is 3.54. The molecule has 3 atom stereocenters. The first kappa shape index (κ1) is 16.6. The van der Waals surface area contributed by atoms with Crippen LogP contribution in [0, 0.1) is 17.3 Å². The van der Waals surface area contributed by atoms with E-state index in [2.05, 4.69) is 38.7 Å². The molecule has 1 aromatic heterocycles. The van der Waals surface area contributed by atoms with Crippen molar-refractivity contribution < 1.29 is 4.42 Å². The quantitative estimate of drug-likeness (QED) is 0.895. The third-order valence-corrected chi connectivity index (χ3v) is 5.17. The van der Waals surface area contributed by atoms with E-state index < -0.39 is 0 Å². The summed E-state index contributed by atoms with van der Waals surface area (Å²) in [5.41, 5.74) is 6.81. The lowest BCUT2D eigenvalue weighted by molar-refractivity contribution is 0.0962. The number of furan rings is 1. The molecule has 1 aliphatic rings. The smallest absolute Gasteiger partial charge is 0.117 e. The Labute approximate surface area is 129 Å². The predicted octanol–water partition coefficient (Wildman–Crippen LogP) is 3.89. The van der Waals surface area contributed by atoms with E-state index in [1.165, 1.54) is 19.3 Å². The molecule has 0 spiro atoms. The van der Waals surface area contributed by atoms with Crippen molar-refractivity contribution in [3.63, 3.8) is 0 Å². The summed E-state index contributed by atoms with van der Waals surface area (Å²) in [5, 5.41) is 0. The molecule has 120 valence electrons. The van der Waals surface area contributed by atoms with Crippen LogP contribution in [0.5, 0.6) is 0 Å². The van der Waals surface area contributed by atoms with Crippen molar-refractivity contribution in [2.75, 3.05) is 13.1 Å². The van der Waals surface area contributed by atoms with Crippen LogP contribution in [-0.2, 0) is 6.54 Å². The van der Waals surface area contributed by atoms with E-state index in [1.807, 2.05) is 6.07 Å². The maximum atomic E-state index is 6.41. The minimum absolute atomic E-state index is 0.356. The number of nitrogens with zero attached hydrogens (tertiary/aromatic N) is 1. The van der Waals surface area contributed by atoms with Crippen LogP contribution in [0.3, 0.4) is 0 Å². The van der Waals surface area contributed by atoms with E-state index >= 15 is 0 Å². The Hall–Kier alpha value is -0.800. The minimum atomic E-state index is 0.356. The van der Waals surface area contributed by atoms with Gasteiger partial charge >= 0.3 is 0 Å². The summed E-state index contributed by atoms with van der Waals surface area (Å²) in [6, 6.07) is 4.38. The van der Waals surface area contributed by atoms with E-state index in [0.29, 0.717) is 17.4 Å². The van der Waals surface area contributed by atoms with Crippen LogP contribution in [0.25, 0.3) is 0 Å². The van der Waals surface area contributed by atoms with Gasteiger partial charge in [0.05, 0.1) is 12.8 Å². The molecule has 0 saturated heterocycles. The Balaban J connectivity index is 1.94. The Kier molecular flexibility index (Phi) is 5.50. The topological polar surface area (TPSA) is 42.4 Å². The van der Waals surface area contributed by atoms with Gasteiger partial charge in [0, 0.05) is 12.6 Å². The fourth-order valence-corrected chi connectivity index (χ4v) is 3.54. The molecule has 1 aromatic rings. The highest BCUT2D eigenvalue weighted by Gasteiger charge is 2.34. The normalized spacial score (nSPS) is 27.2. The highest BCUT2D eigenvalue weighted by molar-refractivity contribution is 4.98. The van der Waals surface area contributed by atoms with Gasteiger partial charge in [0.15, 0.2) is 0 Å². The first-order valence-corrected chi connectivity index (χ1v) is 8.40. The Bertz CT molecular complexity index is 407. The van der Waals surface area contributed by atoms with E-state index in [4.69, 9.17) is 10.2 Å². The number of hydrogen-bond donors (Lipinski definition) is 1. The van der Waals surface area contributed by atoms with Crippen molar-refractivity contribution >= 4 is 0 Å². The molecule has 0 bridgehead atoms. The lowest BCUT2D eigenvalue weighted by atomic mass is 9.67. The molecule has 3 unspecified atom stereocenters. The highest BCUT2D eigenvalue weighted by atomic mass is 16.3. The Morgan fingerprint density at radius 3 is 2.67 bits per heavy atom. The summed E-state index contributed by atoms with van der Waals surface area (Å²) in [6.07, 6.45) is 5.47. The van der Waals surface area contributed by atoms with Gasteiger partial charge in [-0.1, -0.05) is 27.7 Å². The lowest BCUT2D eigenvalue weighted by Gasteiger charge is -2.42. The Morgan fingerprint density at radius 1 is 1.33 bits per heavy atom. The predicted molar refractivity (Wildman–Crippen MR) is 87.9 cm³/mol. The zero-order valence-electron chi connectivity index (χ0n) is 14.1. The molecule has 2 N–H and O–H groups in total. The Morgan fingerprint density at radius 2 is 2.10 bits per heavy atom. The lowest BCUT2D eigenvalue weighted by Crippen LogP contribution is -2.45. The van der Waals surface area contributed by atoms with Crippen LogP contribution in [0.15, 0.2) is 22.8 Å². The molecule has 0 aromatic carbocycles. The second-order valence-corrected chi connectivity index (χ2v) is 7.71. The van der Waals surface area contributed by atoms with Crippen LogP contribution >= 0.6 is 0 Å². The summed E-state index contributed by atoms with van der Waals surface area (Å²) in [7, 11) is 0. The largest absolute Gasteiger partial charge is 0.468 e. The van der Waals surface area contributed by atoms with Crippen LogP contribution in [0.4, 0.5) is 0 Å². The van der Waals surface area contributed by atoms with E-state index in [9.17, 15) is 0 Å². The van der Waals surface area contributed by atoms with Crippen molar-refractivity contribution in [1.82, 2.24) is 4.90 Å². The maximum absolute atomic E-state index is 6.41. The third-order valence-electron chi connectivity index (χ3n) is 5.17. The summed E-state index contributed by atoms with van der Waals surface area (Å²) in [4.78, 5) is 2.47. The van der Waals surface area contributed by atoms with Crippen molar-refractivity contribution in [2.45, 2.75) is 59.5 Å². The first-order valence-electron chi connectivity index (χ1n) is 8.40. The monoisotopic (exact) mass is 292 g/mol. The number of hydrogen-bond acceptors (Lipinski definition) is 3. The van der Waals surface area contributed by atoms with Crippen LogP contribution in [0.1, 0.15) is 52.7 Å². The molecule has 1 saturated carbocycles. The molecule has 1 heterocycles. The van der Waals surface area contributed by atoms with Gasteiger partial charge in [-0.3, -0.25) is 4.90 Å². The molecular weight excluding hydrogens is 260 g/mol. The molecule has 3 nitrogen and oxygen atoms in total. The summed E-state index contributed by atoms with van der Waals surface area (Å²) in [5.74, 6) is 2.45. The van der Waals surface area contributed by atoms with Gasteiger partial charge in [-0.25, -0.2) is 0 Å². The standard InChI is InChI=1S/C18H32N2O/c1-5-20(13-16-7-6-10-21-16)12-14-11-15(18(2,3)4)8-9-17(14)19/h6-7,10,14-15,17H,5,8-9,11-13,19H2,1-4H3. The molecule has 1 fully saturated rings. The van der Waals surface area contributed by atoms with E-state index in [-0.39, 0.29) is 0 Å². The molecule has 0 aliphatic heterocycles. The van der Waals surface area contributed by atoms with Crippen molar-refractivity contribution in [3.05, 3.63) is 24.2 Å². The van der Waals surface area contributed by atoms with Gasteiger partial charge in [-0.15, -0.1) is 0 Å². The van der Waals surface area contributed by atoms with E-state index in [0.717, 1.165) is 31.3 Å². The third kappa shape index (κ3) is 4.58. The molecule has 0 amide bonds. The van der Waals surface area contributed by atoms with Crippen LogP contribution in [-0.4, -0.2) is 24.0 Å². The fraction of sp³-hybridized carbons (Fsp3) is 0.778. The molecule has 0 radical (unpaired) electrons. The number of nitrogens with two attached hydrogens (primary N) is 1. The van der Waals surface area contributed by atoms with Crippen LogP contribution < -0.4 is 5.73 Å². The second-order valence-electron chi connectivity index (χ2n) is 7.71. The summed E-state index contributed by atoms with van der Waals surface area (Å²) >= 11 is 0. The van der Waals surface area contributed by atoms with Gasteiger partial charge in [0.1, 0.15) is 5.76 Å². The average molecular weight is 292 g/mol. The molecule has 1 aliphatic carbocycles. The molecule has 21 heavy (non-hydrogen) atoms. The van der Waals surface area contributed by atoms with Gasteiger partial charge in [-0.05, 0) is 55.2 Å². The van der Waals surface area contributed by atoms with Gasteiger partial charge < -0.3 is 10.2 Å². The number of rotatable bonds is 5. The SMILES string of the molecule is CCN(Cc1ccco1)CC1CC(C(C)(C)C)CCC1N. The van der Waals surface area contributed by atoms with Gasteiger partial charge in [0.2, 0.25) is 0 Å². The highest BCUT2D eigenvalue weighted by Crippen LogP contribution is 2.40. The van der Waals surface area contributed by atoms with Crippen molar-refractivity contribution in [2.24, 2.45) is 23.0 Å². The first-order chi connectivity index (χ1) is 9.90. The summed E-state index contributed by atoms with van der Waals surface area (Å²) in [6.45, 7) is 12.4. The van der Waals surface area contributed by atoms with Crippen LogP contribution in [0.2, 0.25) is 0 Å². The minimum Gasteiger partial charge on any atom is -0.468 e. The van der Waals surface area contributed by atoms with Crippen molar-refractivity contribution in [1.29, 1.82) is 0 Å². The van der Waals surface area contributed by atoms with Gasteiger partial charge in [-0.2, -0.15) is 0 Å². The van der Waals surface area contributed by atoms with Crippen molar-refractivity contribution in [3.8, 4) is 0 Å². The maximum Gasteiger partial charge on any atom is 0.117 e. The molecule has 3 heteroatoms. The zero-order valence-corrected chi connectivity index (χ0v) is 14.1. The average Bonchev–Trinajstić information content (AvgIpc) is 2.92. The zero-order chi connectivity index (χ0) is 15.5. The summed E-state index contributed by atoms with van der Waals surface area (Å²) < 4.78 is 5.48. The molecule has 2 rings (SSSR count). The second kappa shape index (κ2) is 6.97. The van der Waals surface area contributed by atoms with Gasteiger partial charge in [0.25, 0.3) is 0 Å². The van der Waals surface area contributed by atoms with E-state index in [1.54, 1.807) is 6.26 Å². The molecular formula is C18H32N2O.